The molecule has 36 heavy (non-hydrogen) atoms. The number of nitrogens with one attached hydrogen (secondary N) is 1. The number of carbonyl (C=O) groups is 2. The molecule has 1 fully saturated rings. The third-order valence-corrected chi connectivity index (χ3v) is 7.12. The normalized spacial score (nSPS) is 16.4. The molecule has 2 aromatic carbocycles. The van der Waals surface area contributed by atoms with Gasteiger partial charge in [0.1, 0.15) is 5.75 Å². The van der Waals surface area contributed by atoms with Crippen LogP contribution in [0.25, 0.3) is 0 Å². The van der Waals surface area contributed by atoms with Crippen molar-refractivity contribution in [2.75, 3.05) is 44.2 Å². The number of rotatable bonds is 9. The van der Waals surface area contributed by atoms with Crippen LogP contribution in [-0.2, 0) is 11.3 Å². The van der Waals surface area contributed by atoms with E-state index in [0.717, 1.165) is 68.0 Å². The van der Waals surface area contributed by atoms with Crippen molar-refractivity contribution in [1.29, 1.82) is 0 Å². The molecular weight excluding hydrogens is 454 g/mol. The maximum absolute atomic E-state index is 13.0. The Balaban J connectivity index is 1.12. The molecule has 0 bridgehead atoms. The Morgan fingerprint density at radius 2 is 1.83 bits per heavy atom. The summed E-state index contributed by atoms with van der Waals surface area (Å²) < 4.78 is 7.57. The fourth-order valence-corrected chi connectivity index (χ4v) is 5.15. The maximum Gasteiger partial charge on any atom is 0.265 e. The fourth-order valence-electron chi connectivity index (χ4n) is 5.15. The van der Waals surface area contributed by atoms with Crippen molar-refractivity contribution in [3.05, 3.63) is 78.4 Å². The Hall–Kier alpha value is -3.65. The summed E-state index contributed by atoms with van der Waals surface area (Å²) in [6.45, 7) is 4.95. The van der Waals surface area contributed by atoms with Gasteiger partial charge in [0.05, 0.1) is 12.0 Å². The van der Waals surface area contributed by atoms with E-state index in [0.29, 0.717) is 19.0 Å². The highest BCUT2D eigenvalue weighted by atomic mass is 16.5. The van der Waals surface area contributed by atoms with Crippen molar-refractivity contribution in [2.45, 2.75) is 31.7 Å². The fraction of sp³-hybridized carbons (Fsp3) is 0.393. The molecule has 8 heteroatoms. The molecule has 5 rings (SSSR count). The summed E-state index contributed by atoms with van der Waals surface area (Å²) in [6.07, 6.45) is 8.35. The van der Waals surface area contributed by atoms with E-state index in [9.17, 15) is 9.59 Å². The second kappa shape index (κ2) is 11.4. The molecule has 2 aliphatic heterocycles. The number of aromatic nitrogens is 2. The number of imidazole rings is 1. The summed E-state index contributed by atoms with van der Waals surface area (Å²) in [6, 6.07) is 15.7. The largest absolute Gasteiger partial charge is 0.482 e. The lowest BCUT2D eigenvalue weighted by Gasteiger charge is -2.35. The molecule has 0 aliphatic carbocycles. The Kier molecular flexibility index (Phi) is 7.61. The molecule has 1 aromatic heterocycles. The Morgan fingerprint density at radius 3 is 2.67 bits per heavy atom. The molecule has 1 saturated heterocycles. The smallest absolute Gasteiger partial charge is 0.265 e. The van der Waals surface area contributed by atoms with Gasteiger partial charge in [-0.1, -0.05) is 30.3 Å². The van der Waals surface area contributed by atoms with E-state index in [4.69, 9.17) is 4.74 Å². The van der Waals surface area contributed by atoms with Crippen molar-refractivity contribution in [3.63, 3.8) is 0 Å². The number of anilines is 1. The minimum absolute atomic E-state index is 0.00292. The lowest BCUT2D eigenvalue weighted by molar-refractivity contribution is -0.121. The number of nitrogens with zero attached hydrogens (tertiary/aromatic N) is 4. The zero-order valence-electron chi connectivity index (χ0n) is 20.5. The number of likely N-dealkylation sites (tertiary alicyclic amines) is 1. The second-order valence-electron chi connectivity index (χ2n) is 9.41. The summed E-state index contributed by atoms with van der Waals surface area (Å²) >= 11 is 0. The van der Waals surface area contributed by atoms with Gasteiger partial charge in [0.25, 0.3) is 11.8 Å². The molecular formula is C28H33N5O3. The zero-order valence-corrected chi connectivity index (χ0v) is 20.5. The number of para-hydroxylation sites is 2. The van der Waals surface area contributed by atoms with Crippen LogP contribution in [0.15, 0.2) is 67.3 Å². The van der Waals surface area contributed by atoms with Gasteiger partial charge >= 0.3 is 0 Å². The van der Waals surface area contributed by atoms with Crippen LogP contribution in [0, 0.1) is 0 Å². The van der Waals surface area contributed by atoms with Crippen LogP contribution < -0.4 is 15.0 Å². The minimum Gasteiger partial charge on any atom is -0.482 e. The van der Waals surface area contributed by atoms with Gasteiger partial charge in [-0.15, -0.1) is 0 Å². The topological polar surface area (TPSA) is 79.7 Å². The predicted molar refractivity (Wildman–Crippen MR) is 138 cm³/mol. The molecule has 3 heterocycles. The third kappa shape index (κ3) is 5.60. The number of benzene rings is 2. The first-order chi connectivity index (χ1) is 17.7. The van der Waals surface area contributed by atoms with E-state index < -0.39 is 0 Å². The van der Waals surface area contributed by atoms with Crippen LogP contribution in [0.2, 0.25) is 0 Å². The van der Waals surface area contributed by atoms with Gasteiger partial charge in [0.15, 0.2) is 6.61 Å². The number of hydrogen-bond donors (Lipinski definition) is 1. The predicted octanol–water partition coefficient (Wildman–Crippen LogP) is 3.31. The van der Waals surface area contributed by atoms with Crippen LogP contribution in [-0.4, -0.2) is 65.6 Å². The number of hydrogen-bond acceptors (Lipinski definition) is 5. The molecule has 0 spiro atoms. The summed E-state index contributed by atoms with van der Waals surface area (Å²) in [5.41, 5.74) is 2.78. The number of carbonyl (C=O) groups excluding carboxylic acids is 2. The van der Waals surface area contributed by atoms with E-state index in [1.807, 2.05) is 58.1 Å². The Bertz CT molecular complexity index is 1170. The molecule has 0 radical (unpaired) electrons. The van der Waals surface area contributed by atoms with Crippen LogP contribution in [0.4, 0.5) is 5.69 Å². The number of piperidine rings is 1. The quantitative estimate of drug-likeness (QED) is 0.469. The average Bonchev–Trinajstić information content (AvgIpc) is 3.44. The maximum atomic E-state index is 13.0. The van der Waals surface area contributed by atoms with Crippen molar-refractivity contribution >= 4 is 17.5 Å². The van der Waals surface area contributed by atoms with Crippen molar-refractivity contribution in [2.24, 2.45) is 0 Å². The number of aryl methyl sites for hydroxylation is 1. The van der Waals surface area contributed by atoms with Gasteiger partial charge in [0.2, 0.25) is 0 Å². The molecule has 2 amide bonds. The number of ether oxygens (including phenoxy) is 1. The highest BCUT2D eigenvalue weighted by molar-refractivity contribution is 5.97. The molecule has 188 valence electrons. The van der Waals surface area contributed by atoms with E-state index in [1.165, 1.54) is 0 Å². The van der Waals surface area contributed by atoms with E-state index in [2.05, 4.69) is 21.3 Å². The minimum atomic E-state index is 0.00292. The van der Waals surface area contributed by atoms with Crippen LogP contribution in [0.3, 0.4) is 0 Å². The van der Waals surface area contributed by atoms with Gasteiger partial charge in [0, 0.05) is 44.1 Å². The van der Waals surface area contributed by atoms with E-state index >= 15 is 0 Å². The van der Waals surface area contributed by atoms with Crippen LogP contribution >= 0.6 is 0 Å². The standard InChI is InChI=1S/C28H33N5O3/c34-27-20-36-26-9-4-3-8-25(26)33(27)19-18-31-15-10-22(11-16-31)23-6-1-2-7-24(23)28(35)30-12-5-14-32-17-13-29-21-32/h1-4,6-9,13,17,21-22H,5,10-12,14-16,18-20H2,(H,30,35). The number of amides is 2. The van der Waals surface area contributed by atoms with Crippen LogP contribution in [0.5, 0.6) is 5.75 Å². The second-order valence-corrected chi connectivity index (χ2v) is 9.41. The first kappa shape index (κ1) is 24.1. The van der Waals surface area contributed by atoms with Gasteiger partial charge in [-0.2, -0.15) is 0 Å². The molecule has 2 aliphatic rings. The Labute approximate surface area is 211 Å². The third-order valence-electron chi connectivity index (χ3n) is 7.12. The number of fused-ring (bicyclic) bond motifs is 1. The summed E-state index contributed by atoms with van der Waals surface area (Å²) in [7, 11) is 0. The highest BCUT2D eigenvalue weighted by Gasteiger charge is 2.27. The highest BCUT2D eigenvalue weighted by Crippen LogP contribution is 2.33. The van der Waals surface area contributed by atoms with Crippen molar-refractivity contribution < 1.29 is 14.3 Å². The molecule has 3 aromatic rings. The van der Waals surface area contributed by atoms with E-state index in [1.54, 1.807) is 12.5 Å². The molecule has 0 atom stereocenters. The summed E-state index contributed by atoms with van der Waals surface area (Å²) in [5, 5.41) is 3.09. The lowest BCUT2D eigenvalue weighted by Crippen LogP contribution is -2.45. The first-order valence-electron chi connectivity index (χ1n) is 12.8. The average molecular weight is 488 g/mol. The molecule has 0 saturated carbocycles. The molecule has 8 nitrogen and oxygen atoms in total. The summed E-state index contributed by atoms with van der Waals surface area (Å²) in [4.78, 5) is 33.7. The summed E-state index contributed by atoms with van der Waals surface area (Å²) in [5.74, 6) is 1.14. The van der Waals surface area contributed by atoms with Gasteiger partial charge < -0.3 is 24.4 Å². The van der Waals surface area contributed by atoms with Crippen molar-refractivity contribution in [3.8, 4) is 5.75 Å². The Morgan fingerprint density at radius 1 is 1.03 bits per heavy atom. The molecule has 0 unspecified atom stereocenters. The zero-order chi connectivity index (χ0) is 24.7. The monoisotopic (exact) mass is 487 g/mol. The SMILES string of the molecule is O=C(NCCCn1ccnc1)c1ccccc1C1CCN(CCN2C(=O)COc3ccccc32)CC1. The lowest BCUT2D eigenvalue weighted by atomic mass is 9.86. The van der Waals surface area contributed by atoms with Gasteiger partial charge in [-0.3, -0.25) is 9.59 Å². The van der Waals surface area contributed by atoms with Gasteiger partial charge in [-0.25, -0.2) is 4.98 Å². The van der Waals surface area contributed by atoms with Crippen LogP contribution in [0.1, 0.15) is 41.1 Å². The van der Waals surface area contributed by atoms with E-state index in [-0.39, 0.29) is 18.4 Å². The van der Waals surface area contributed by atoms with Gasteiger partial charge in [-0.05, 0) is 62.0 Å². The first-order valence-corrected chi connectivity index (χ1v) is 12.8. The molecule has 1 N–H and O–H groups in total. The van der Waals surface area contributed by atoms with Crippen molar-refractivity contribution in [1.82, 2.24) is 19.8 Å².